The van der Waals surface area contributed by atoms with E-state index in [-0.39, 0.29) is 35.9 Å². The van der Waals surface area contributed by atoms with E-state index in [1.807, 2.05) is 85.5 Å². The molecule has 252 valence electrons. The number of Topliss-reactive ketones (excluding diaryl/α,β-unsaturated/α-hetero) is 1. The van der Waals surface area contributed by atoms with Gasteiger partial charge in [0.2, 0.25) is 5.88 Å². The predicted molar refractivity (Wildman–Crippen MR) is 167 cm³/mol. The Morgan fingerprint density at radius 1 is 0.938 bits per heavy atom. The fraction of sp³-hybridized carbons (Fsp3) is 0.400. The Balaban J connectivity index is 0.00000145. The summed E-state index contributed by atoms with van der Waals surface area (Å²) in [5.41, 5.74) is -0.533. The van der Waals surface area contributed by atoms with Gasteiger partial charge in [-0.05, 0) is 50.8 Å². The van der Waals surface area contributed by atoms with Gasteiger partial charge in [-0.2, -0.15) is 27.9 Å². The maximum atomic E-state index is 14.9. The van der Waals surface area contributed by atoms with Crippen molar-refractivity contribution in [1.82, 2.24) is 20.0 Å². The Kier molecular flexibility index (Phi) is 10.1. The number of fused-ring (bicyclic) bond motifs is 1. The molecule has 48 heavy (non-hydrogen) atoms. The van der Waals surface area contributed by atoms with E-state index < -0.39 is 29.5 Å². The second kappa shape index (κ2) is 14.1. The molecule has 0 saturated carbocycles. The largest absolute Gasteiger partial charge is 0.474 e. The van der Waals surface area contributed by atoms with E-state index >= 15 is 0 Å². The summed E-state index contributed by atoms with van der Waals surface area (Å²) in [5.74, 6) is -2.51. The Labute approximate surface area is 275 Å². The summed E-state index contributed by atoms with van der Waals surface area (Å²) >= 11 is 0. The molecular weight excluding hydrogens is 627 g/mol. The van der Waals surface area contributed by atoms with Crippen LogP contribution in [-0.2, 0) is 20.8 Å². The molecule has 1 aliphatic carbocycles. The highest BCUT2D eigenvalue weighted by molar-refractivity contribution is 5.92. The third kappa shape index (κ3) is 7.02. The SMILES string of the molecule is CC(C)Oc1ccc(N2CCC(c3nn(C(c4ccccc4)c4ccccc4)c4c3C(C(F)(F)F)C(C)(O)C(=O)C4)CC2)nn1.O=C=O. The number of nitrogens with zero attached hydrogens (tertiary/aromatic N) is 5. The van der Waals surface area contributed by atoms with E-state index in [0.29, 0.717) is 43.3 Å². The molecule has 2 unspecified atom stereocenters. The van der Waals surface area contributed by atoms with Crippen LogP contribution in [-0.4, -0.2) is 68.0 Å². The molecule has 4 aromatic rings. The number of carbonyl (C=O) groups excluding carboxylic acids is 3. The number of benzene rings is 2. The lowest BCUT2D eigenvalue weighted by Crippen LogP contribution is -2.52. The molecule has 0 bridgehead atoms. The number of aromatic nitrogens is 4. The lowest BCUT2D eigenvalue weighted by Gasteiger charge is -2.39. The minimum absolute atomic E-state index is 0.0356. The van der Waals surface area contributed by atoms with Gasteiger partial charge in [0.1, 0.15) is 17.6 Å². The molecule has 0 radical (unpaired) electrons. The molecule has 2 aromatic heterocycles. The van der Waals surface area contributed by atoms with Gasteiger partial charge >= 0.3 is 12.3 Å². The first-order valence-corrected chi connectivity index (χ1v) is 15.6. The van der Waals surface area contributed by atoms with Crippen LogP contribution in [0, 0.1) is 0 Å². The first kappa shape index (κ1) is 34.5. The van der Waals surface area contributed by atoms with Crippen molar-refractivity contribution in [2.24, 2.45) is 0 Å². The molecule has 13 heteroatoms. The fourth-order valence-electron chi connectivity index (χ4n) is 6.68. The predicted octanol–water partition coefficient (Wildman–Crippen LogP) is 5.42. The molecule has 1 fully saturated rings. The van der Waals surface area contributed by atoms with E-state index in [1.165, 1.54) is 0 Å². The Hall–Kier alpha value is -4.87. The van der Waals surface area contributed by atoms with Crippen molar-refractivity contribution in [1.29, 1.82) is 0 Å². The van der Waals surface area contributed by atoms with Crippen LogP contribution in [0.25, 0.3) is 0 Å². The van der Waals surface area contributed by atoms with Crippen molar-refractivity contribution in [2.45, 2.75) is 75.8 Å². The highest BCUT2D eigenvalue weighted by Gasteiger charge is 2.60. The summed E-state index contributed by atoms with van der Waals surface area (Å²) in [4.78, 5) is 31.5. The van der Waals surface area contributed by atoms with Gasteiger partial charge in [0.15, 0.2) is 11.6 Å². The zero-order valence-corrected chi connectivity index (χ0v) is 26.7. The number of anilines is 1. The number of halogens is 3. The first-order chi connectivity index (χ1) is 22.9. The molecule has 1 N–H and O–H groups in total. The summed E-state index contributed by atoms with van der Waals surface area (Å²) in [6, 6.07) is 21.9. The average Bonchev–Trinajstić information content (AvgIpc) is 3.39. The number of hydrogen-bond donors (Lipinski definition) is 1. The van der Waals surface area contributed by atoms with Gasteiger partial charge in [0.25, 0.3) is 0 Å². The molecule has 6 rings (SSSR count). The number of rotatable bonds is 7. The number of piperidine rings is 1. The average molecular weight is 664 g/mol. The molecule has 2 aromatic carbocycles. The zero-order chi connectivity index (χ0) is 34.6. The third-order valence-electron chi connectivity index (χ3n) is 8.81. The molecule has 1 aliphatic heterocycles. The lowest BCUT2D eigenvalue weighted by molar-refractivity contribution is -0.198. The van der Waals surface area contributed by atoms with Crippen LogP contribution >= 0.6 is 0 Å². The van der Waals surface area contributed by atoms with Crippen molar-refractivity contribution in [3.05, 3.63) is 101 Å². The molecule has 2 aliphatic rings. The Bertz CT molecular complexity index is 1690. The number of aliphatic hydroxyl groups is 1. The normalized spacial score (nSPS) is 19.8. The third-order valence-corrected chi connectivity index (χ3v) is 8.81. The van der Waals surface area contributed by atoms with Gasteiger partial charge in [-0.15, -0.1) is 10.2 Å². The van der Waals surface area contributed by atoms with Crippen LogP contribution in [0.15, 0.2) is 72.8 Å². The number of alkyl halides is 3. The second-order valence-electron chi connectivity index (χ2n) is 12.4. The van der Waals surface area contributed by atoms with Gasteiger partial charge in [0.05, 0.1) is 23.9 Å². The highest BCUT2D eigenvalue weighted by atomic mass is 19.4. The Morgan fingerprint density at radius 3 is 1.98 bits per heavy atom. The summed E-state index contributed by atoms with van der Waals surface area (Å²) < 4.78 is 51.9. The quantitative estimate of drug-likeness (QED) is 0.276. The van der Waals surface area contributed by atoms with Gasteiger partial charge in [0, 0.05) is 30.6 Å². The molecule has 0 spiro atoms. The number of ether oxygens (including phenoxy) is 1. The number of carbonyl (C=O) groups is 1. The maximum Gasteiger partial charge on any atom is 0.399 e. The van der Waals surface area contributed by atoms with Crippen LogP contribution in [0.1, 0.15) is 79.6 Å². The fourth-order valence-corrected chi connectivity index (χ4v) is 6.68. The molecule has 2 atom stereocenters. The van der Waals surface area contributed by atoms with E-state index in [1.54, 1.807) is 10.7 Å². The second-order valence-corrected chi connectivity index (χ2v) is 12.4. The lowest BCUT2D eigenvalue weighted by atomic mass is 9.71. The number of hydrogen-bond acceptors (Lipinski definition) is 9. The molecule has 10 nitrogen and oxygen atoms in total. The smallest absolute Gasteiger partial charge is 0.399 e. The monoisotopic (exact) mass is 663 g/mol. The van der Waals surface area contributed by atoms with Crippen molar-refractivity contribution in [2.75, 3.05) is 18.0 Å². The molecule has 1 saturated heterocycles. The molecular formula is C35H36F3N5O5. The molecule has 3 heterocycles. The van der Waals surface area contributed by atoms with E-state index in [2.05, 4.69) is 10.2 Å². The topological polar surface area (TPSA) is 128 Å². The number of ketones is 1. The van der Waals surface area contributed by atoms with Crippen LogP contribution < -0.4 is 9.64 Å². The minimum Gasteiger partial charge on any atom is -0.474 e. The zero-order valence-electron chi connectivity index (χ0n) is 26.7. The van der Waals surface area contributed by atoms with Crippen molar-refractivity contribution < 1.29 is 37.4 Å². The Morgan fingerprint density at radius 2 is 1.50 bits per heavy atom. The maximum absolute atomic E-state index is 14.9. The van der Waals surface area contributed by atoms with Crippen molar-refractivity contribution in [3.63, 3.8) is 0 Å². The van der Waals surface area contributed by atoms with Crippen LogP contribution in [0.2, 0.25) is 0 Å². The van der Waals surface area contributed by atoms with E-state index in [9.17, 15) is 23.1 Å². The van der Waals surface area contributed by atoms with Gasteiger partial charge in [-0.1, -0.05) is 60.7 Å². The highest BCUT2D eigenvalue weighted by Crippen LogP contribution is 2.51. The standard InChI is InChI=1S/C34H36F3N5O3.CO2/c1-21(2)45-28-15-14-27(38-39-28)41-18-16-22(17-19-41)30-29-25(20-26(43)33(3,44)32(29)34(35,36)37)42(40-30)31(23-10-6-4-7-11-23)24-12-8-5-9-13-24;2-1-3/h4-15,21-22,31-32,44H,16-20H2,1-3H3;. The van der Waals surface area contributed by atoms with E-state index in [0.717, 1.165) is 18.1 Å². The summed E-state index contributed by atoms with van der Waals surface area (Å²) in [5, 5.41) is 24.5. The van der Waals surface area contributed by atoms with Crippen LogP contribution in [0.4, 0.5) is 19.0 Å². The van der Waals surface area contributed by atoms with Crippen molar-refractivity contribution >= 4 is 17.8 Å². The van der Waals surface area contributed by atoms with Gasteiger partial charge in [-0.25, -0.2) is 0 Å². The van der Waals surface area contributed by atoms with Gasteiger partial charge < -0.3 is 14.7 Å². The van der Waals surface area contributed by atoms with E-state index in [4.69, 9.17) is 19.4 Å². The first-order valence-electron chi connectivity index (χ1n) is 15.6. The summed E-state index contributed by atoms with van der Waals surface area (Å²) in [7, 11) is 0. The van der Waals surface area contributed by atoms with Crippen molar-refractivity contribution in [3.8, 4) is 5.88 Å². The minimum atomic E-state index is -4.87. The van der Waals surface area contributed by atoms with Crippen LogP contribution in [0.5, 0.6) is 5.88 Å². The molecule has 0 amide bonds. The summed E-state index contributed by atoms with van der Waals surface area (Å²) in [6.07, 6.45) is -3.99. The van der Waals surface area contributed by atoms with Crippen LogP contribution in [0.3, 0.4) is 0 Å². The summed E-state index contributed by atoms with van der Waals surface area (Å²) in [6.45, 7) is 5.84. The van der Waals surface area contributed by atoms with Gasteiger partial charge in [-0.3, -0.25) is 9.48 Å².